The molecule has 2 N–H and O–H groups in total. The van der Waals surface area contributed by atoms with Crippen LogP contribution in [0.15, 0.2) is 28.9 Å². The number of aromatic nitrogens is 2. The van der Waals surface area contributed by atoms with Crippen molar-refractivity contribution in [2.75, 3.05) is 5.32 Å². The van der Waals surface area contributed by atoms with E-state index >= 15 is 0 Å². The second kappa shape index (κ2) is 6.68. The van der Waals surface area contributed by atoms with Crippen LogP contribution in [-0.4, -0.2) is 27.0 Å². The highest BCUT2D eigenvalue weighted by Gasteiger charge is 2.58. The zero-order valence-corrected chi connectivity index (χ0v) is 13.2. The van der Waals surface area contributed by atoms with Gasteiger partial charge in [0.15, 0.2) is 0 Å². The summed E-state index contributed by atoms with van der Waals surface area (Å²) in [5, 5.41) is 16.3. The molecule has 1 unspecified atom stereocenters. The third-order valence-corrected chi connectivity index (χ3v) is 3.40. The van der Waals surface area contributed by atoms with Crippen LogP contribution in [0.1, 0.15) is 31.3 Å². The van der Waals surface area contributed by atoms with E-state index in [1.807, 2.05) is 6.92 Å². The molecule has 6 nitrogen and oxygen atoms in total. The minimum absolute atomic E-state index is 0.203. The molecule has 132 valence electrons. The molecule has 0 fully saturated rings. The van der Waals surface area contributed by atoms with E-state index in [-0.39, 0.29) is 11.4 Å². The number of furan rings is 1. The maximum absolute atomic E-state index is 13.3. The van der Waals surface area contributed by atoms with Crippen molar-refractivity contribution < 1.29 is 27.5 Å². The number of alkyl halides is 3. The maximum atomic E-state index is 13.3. The summed E-state index contributed by atoms with van der Waals surface area (Å²) in [5.74, 6) is -1.52. The van der Waals surface area contributed by atoms with Gasteiger partial charge in [-0.15, -0.1) is 0 Å². The van der Waals surface area contributed by atoms with Gasteiger partial charge in [0, 0.05) is 12.7 Å². The van der Waals surface area contributed by atoms with Crippen molar-refractivity contribution in [3.63, 3.8) is 0 Å². The fraction of sp³-hybridized carbons (Fsp3) is 0.467. The lowest BCUT2D eigenvalue weighted by Gasteiger charge is -2.27. The molecule has 1 amide bonds. The summed E-state index contributed by atoms with van der Waals surface area (Å²) in [6.45, 7) is 4.01. The Kier molecular flexibility index (Phi) is 5.02. The zero-order valence-electron chi connectivity index (χ0n) is 13.2. The van der Waals surface area contributed by atoms with Crippen LogP contribution in [0.3, 0.4) is 0 Å². The van der Waals surface area contributed by atoms with Crippen LogP contribution in [0, 0.1) is 6.92 Å². The van der Waals surface area contributed by atoms with Crippen LogP contribution in [-0.2, 0) is 16.9 Å². The normalized spacial score (nSPS) is 14.4. The van der Waals surface area contributed by atoms with Gasteiger partial charge >= 0.3 is 6.18 Å². The largest absolute Gasteiger partial charge is 0.463 e. The first-order valence-corrected chi connectivity index (χ1v) is 7.34. The Morgan fingerprint density at radius 3 is 2.67 bits per heavy atom. The van der Waals surface area contributed by atoms with Gasteiger partial charge in [-0.2, -0.15) is 18.3 Å². The highest BCUT2D eigenvalue weighted by molar-refractivity contribution is 5.91. The minimum atomic E-state index is -5.07. The maximum Gasteiger partial charge on any atom is 0.425 e. The number of nitrogens with zero attached hydrogens (tertiary/aromatic N) is 2. The van der Waals surface area contributed by atoms with E-state index in [0.717, 1.165) is 12.5 Å². The summed E-state index contributed by atoms with van der Waals surface area (Å²) in [6.07, 6.45) is -2.63. The van der Waals surface area contributed by atoms with Crippen molar-refractivity contribution in [3.05, 3.63) is 36.0 Å². The number of hydrogen-bond donors (Lipinski definition) is 2. The molecular formula is C15H18F3N3O3. The highest BCUT2D eigenvalue weighted by Crippen LogP contribution is 2.42. The third-order valence-electron chi connectivity index (χ3n) is 3.40. The molecule has 2 heterocycles. The van der Waals surface area contributed by atoms with Crippen molar-refractivity contribution >= 4 is 11.6 Å². The second-order valence-corrected chi connectivity index (χ2v) is 5.49. The summed E-state index contributed by atoms with van der Waals surface area (Å²) >= 11 is 0. The molecule has 0 bridgehead atoms. The second-order valence-electron chi connectivity index (χ2n) is 5.49. The van der Waals surface area contributed by atoms with Gasteiger partial charge < -0.3 is 14.8 Å². The summed E-state index contributed by atoms with van der Waals surface area (Å²) in [7, 11) is 0. The molecule has 2 aromatic rings. The first-order chi connectivity index (χ1) is 11.2. The van der Waals surface area contributed by atoms with Crippen molar-refractivity contribution in [2.45, 2.75) is 45.0 Å². The van der Waals surface area contributed by atoms with Crippen LogP contribution in [0.2, 0.25) is 0 Å². The lowest BCUT2D eigenvalue weighted by Crippen LogP contribution is -2.44. The molecule has 2 rings (SSSR count). The summed E-state index contributed by atoms with van der Waals surface area (Å²) in [6, 6.07) is 2.30. The van der Waals surface area contributed by atoms with E-state index in [4.69, 9.17) is 4.42 Å². The molecule has 0 aliphatic heterocycles. The van der Waals surface area contributed by atoms with E-state index in [1.165, 1.54) is 25.4 Å². The van der Waals surface area contributed by atoms with Gasteiger partial charge in [-0.1, -0.05) is 6.92 Å². The molecule has 0 saturated carbocycles. The van der Waals surface area contributed by atoms with Gasteiger partial charge in [-0.05, 0) is 25.5 Å². The Balaban J connectivity index is 2.15. The summed E-state index contributed by atoms with van der Waals surface area (Å²) in [5.41, 5.74) is -3.14. The quantitative estimate of drug-likeness (QED) is 0.843. The van der Waals surface area contributed by atoms with Gasteiger partial charge in [0.25, 0.3) is 0 Å². The number of nitrogens with one attached hydrogen (secondary N) is 1. The minimum Gasteiger partial charge on any atom is -0.463 e. The number of aryl methyl sites for hydroxylation is 2. The molecule has 24 heavy (non-hydrogen) atoms. The molecule has 9 heteroatoms. The standard InChI is InChI=1S/C15H18F3N3O3/c1-3-6-21-9-11(8-19-21)20-13(22)7-14(23,15(16,17)18)12-5-4-10(2)24-12/h4-5,8-9,23H,3,6-7H2,1-2H3,(H,20,22). The Bertz CT molecular complexity index is 708. The third kappa shape index (κ3) is 3.78. The molecule has 1 atom stereocenters. The Morgan fingerprint density at radius 2 is 2.12 bits per heavy atom. The molecule has 0 spiro atoms. The van der Waals surface area contributed by atoms with Gasteiger partial charge in [0.05, 0.1) is 18.3 Å². The fourth-order valence-corrected chi connectivity index (χ4v) is 2.20. The monoisotopic (exact) mass is 345 g/mol. The molecule has 0 aliphatic rings. The van der Waals surface area contributed by atoms with Crippen molar-refractivity contribution in [1.82, 2.24) is 9.78 Å². The van der Waals surface area contributed by atoms with E-state index in [9.17, 15) is 23.1 Å². The average Bonchev–Trinajstić information content (AvgIpc) is 3.07. The van der Waals surface area contributed by atoms with E-state index in [0.29, 0.717) is 6.54 Å². The highest BCUT2D eigenvalue weighted by atomic mass is 19.4. The lowest BCUT2D eigenvalue weighted by molar-refractivity contribution is -0.272. The number of rotatable bonds is 6. The van der Waals surface area contributed by atoms with Gasteiger partial charge in [-0.3, -0.25) is 9.48 Å². The Hall–Kier alpha value is -2.29. The first kappa shape index (κ1) is 18.1. The van der Waals surface area contributed by atoms with Crippen molar-refractivity contribution in [3.8, 4) is 0 Å². The number of hydrogen-bond acceptors (Lipinski definition) is 4. The first-order valence-electron chi connectivity index (χ1n) is 7.34. The topological polar surface area (TPSA) is 80.3 Å². The predicted molar refractivity (Wildman–Crippen MR) is 79.2 cm³/mol. The predicted octanol–water partition coefficient (Wildman–Crippen LogP) is 2.97. The van der Waals surface area contributed by atoms with Crippen LogP contribution in [0.5, 0.6) is 0 Å². The van der Waals surface area contributed by atoms with Gasteiger partial charge in [0.1, 0.15) is 11.5 Å². The number of aliphatic hydroxyl groups is 1. The zero-order chi connectivity index (χ0) is 18.0. The van der Waals surface area contributed by atoms with Crippen molar-refractivity contribution in [2.24, 2.45) is 0 Å². The average molecular weight is 345 g/mol. The Morgan fingerprint density at radius 1 is 1.42 bits per heavy atom. The van der Waals surface area contributed by atoms with Crippen LogP contribution >= 0.6 is 0 Å². The van der Waals surface area contributed by atoms with Crippen molar-refractivity contribution in [1.29, 1.82) is 0 Å². The number of amides is 1. The molecular weight excluding hydrogens is 327 g/mol. The van der Waals surface area contributed by atoms with Crippen LogP contribution in [0.25, 0.3) is 0 Å². The summed E-state index contributed by atoms with van der Waals surface area (Å²) < 4.78 is 46.3. The smallest absolute Gasteiger partial charge is 0.425 e. The van der Waals surface area contributed by atoms with Gasteiger partial charge in [-0.25, -0.2) is 0 Å². The van der Waals surface area contributed by atoms with Crippen LogP contribution < -0.4 is 5.32 Å². The number of carbonyl (C=O) groups excluding carboxylic acids is 1. The molecule has 0 saturated heterocycles. The number of halogens is 3. The van der Waals surface area contributed by atoms with E-state index in [2.05, 4.69) is 10.4 Å². The van der Waals surface area contributed by atoms with Crippen LogP contribution in [0.4, 0.5) is 18.9 Å². The number of anilines is 1. The molecule has 0 aromatic carbocycles. The lowest BCUT2D eigenvalue weighted by atomic mass is 9.95. The molecule has 2 aromatic heterocycles. The fourth-order valence-electron chi connectivity index (χ4n) is 2.20. The van der Waals surface area contributed by atoms with Gasteiger partial charge in [0.2, 0.25) is 11.5 Å². The summed E-state index contributed by atoms with van der Waals surface area (Å²) in [4.78, 5) is 12.0. The van der Waals surface area contributed by atoms with E-state index < -0.39 is 29.9 Å². The Labute approximate surface area is 136 Å². The number of carbonyl (C=O) groups is 1. The molecule has 0 aliphatic carbocycles. The SMILES string of the molecule is CCCn1cc(NC(=O)CC(O)(c2ccc(C)o2)C(F)(F)F)cn1. The van der Waals surface area contributed by atoms with E-state index in [1.54, 1.807) is 4.68 Å². The molecule has 0 radical (unpaired) electrons.